The SMILES string of the molecule is Cc1ccc(-n2c(N)nc3cc(Cl)c(F)cc32)cc1C. The van der Waals surface area contributed by atoms with Crippen LogP contribution < -0.4 is 5.73 Å². The van der Waals surface area contributed by atoms with Gasteiger partial charge in [0.1, 0.15) is 5.82 Å². The van der Waals surface area contributed by atoms with Crippen molar-refractivity contribution in [1.82, 2.24) is 9.55 Å². The second kappa shape index (κ2) is 4.49. The molecule has 1 aromatic heterocycles. The first-order chi connectivity index (χ1) is 9.47. The molecule has 0 unspecified atom stereocenters. The molecule has 0 saturated heterocycles. The van der Waals surface area contributed by atoms with E-state index in [1.165, 1.54) is 17.7 Å². The molecule has 0 aliphatic carbocycles. The van der Waals surface area contributed by atoms with Crippen molar-refractivity contribution in [3.8, 4) is 5.69 Å². The lowest BCUT2D eigenvalue weighted by Crippen LogP contribution is -2.01. The van der Waals surface area contributed by atoms with E-state index >= 15 is 0 Å². The number of aryl methyl sites for hydroxylation is 2. The standard InChI is InChI=1S/C15H13ClFN3/c1-8-3-4-10(5-9(8)2)20-14-7-12(17)11(16)6-13(14)19-15(20)18/h3-7H,1-2H3,(H2,18,19). The van der Waals surface area contributed by atoms with Crippen molar-refractivity contribution in [3.05, 3.63) is 52.3 Å². The van der Waals surface area contributed by atoms with Gasteiger partial charge < -0.3 is 5.73 Å². The van der Waals surface area contributed by atoms with Crippen LogP contribution in [0.5, 0.6) is 0 Å². The van der Waals surface area contributed by atoms with Gasteiger partial charge in [-0.25, -0.2) is 9.37 Å². The van der Waals surface area contributed by atoms with Crippen LogP contribution in [0.4, 0.5) is 10.3 Å². The van der Waals surface area contributed by atoms with Crippen LogP contribution >= 0.6 is 11.6 Å². The monoisotopic (exact) mass is 289 g/mol. The fourth-order valence-corrected chi connectivity index (χ4v) is 2.39. The Balaban J connectivity index is 2.32. The Morgan fingerprint density at radius 2 is 1.90 bits per heavy atom. The lowest BCUT2D eigenvalue weighted by atomic mass is 10.1. The summed E-state index contributed by atoms with van der Waals surface area (Å²) >= 11 is 5.78. The number of anilines is 1. The van der Waals surface area contributed by atoms with Crippen LogP contribution in [0.15, 0.2) is 30.3 Å². The van der Waals surface area contributed by atoms with E-state index in [0.717, 1.165) is 11.3 Å². The third-order valence-electron chi connectivity index (χ3n) is 3.47. The number of benzene rings is 2. The van der Waals surface area contributed by atoms with Crippen molar-refractivity contribution >= 4 is 28.6 Å². The van der Waals surface area contributed by atoms with Crippen LogP contribution in [0.25, 0.3) is 16.7 Å². The molecule has 2 N–H and O–H groups in total. The number of fused-ring (bicyclic) bond motifs is 1. The Morgan fingerprint density at radius 3 is 2.60 bits per heavy atom. The normalized spacial score (nSPS) is 11.2. The summed E-state index contributed by atoms with van der Waals surface area (Å²) in [6, 6.07) is 8.78. The highest BCUT2D eigenvalue weighted by Crippen LogP contribution is 2.28. The predicted molar refractivity (Wildman–Crippen MR) is 79.9 cm³/mol. The first kappa shape index (κ1) is 12.9. The molecule has 0 aliphatic heterocycles. The molecule has 20 heavy (non-hydrogen) atoms. The molecular weight excluding hydrogens is 277 g/mol. The van der Waals surface area contributed by atoms with Crippen LogP contribution in [0.2, 0.25) is 5.02 Å². The number of aromatic nitrogens is 2. The van der Waals surface area contributed by atoms with Crippen molar-refractivity contribution in [2.75, 3.05) is 5.73 Å². The number of hydrogen-bond acceptors (Lipinski definition) is 2. The quantitative estimate of drug-likeness (QED) is 0.735. The summed E-state index contributed by atoms with van der Waals surface area (Å²) in [5.74, 6) is -0.172. The number of imidazole rings is 1. The molecule has 0 radical (unpaired) electrons. The van der Waals surface area contributed by atoms with Gasteiger partial charge in [0, 0.05) is 11.8 Å². The zero-order valence-electron chi connectivity index (χ0n) is 11.1. The number of halogens is 2. The maximum absolute atomic E-state index is 13.7. The fraction of sp³-hybridized carbons (Fsp3) is 0.133. The average molecular weight is 290 g/mol. The van der Waals surface area contributed by atoms with E-state index in [4.69, 9.17) is 17.3 Å². The predicted octanol–water partition coefficient (Wildman–Crippen LogP) is 4.02. The molecule has 3 rings (SSSR count). The summed E-state index contributed by atoms with van der Waals surface area (Å²) in [6.45, 7) is 4.06. The molecule has 0 fully saturated rings. The summed E-state index contributed by atoms with van der Waals surface area (Å²) in [5, 5.41) is 0.0437. The number of nitrogens with two attached hydrogens (primary N) is 1. The van der Waals surface area contributed by atoms with Crippen molar-refractivity contribution in [2.45, 2.75) is 13.8 Å². The van der Waals surface area contributed by atoms with Gasteiger partial charge in [-0.15, -0.1) is 0 Å². The number of hydrogen-bond donors (Lipinski definition) is 1. The Morgan fingerprint density at radius 1 is 1.15 bits per heavy atom. The molecule has 0 bridgehead atoms. The molecule has 0 spiro atoms. The Labute approximate surface area is 120 Å². The highest BCUT2D eigenvalue weighted by atomic mass is 35.5. The summed E-state index contributed by atoms with van der Waals surface area (Å²) in [7, 11) is 0. The van der Waals surface area contributed by atoms with Gasteiger partial charge >= 0.3 is 0 Å². The van der Waals surface area contributed by atoms with Gasteiger partial charge in [0.15, 0.2) is 0 Å². The minimum absolute atomic E-state index is 0.0437. The van der Waals surface area contributed by atoms with E-state index in [2.05, 4.69) is 4.98 Å². The van der Waals surface area contributed by atoms with Gasteiger partial charge in [-0.2, -0.15) is 0 Å². The molecule has 5 heteroatoms. The number of nitrogen functional groups attached to an aromatic ring is 1. The topological polar surface area (TPSA) is 43.8 Å². The van der Waals surface area contributed by atoms with E-state index in [1.807, 2.05) is 32.0 Å². The minimum Gasteiger partial charge on any atom is -0.369 e. The summed E-state index contributed by atoms with van der Waals surface area (Å²) in [5.41, 5.74) is 10.3. The minimum atomic E-state index is -0.482. The second-order valence-electron chi connectivity index (χ2n) is 4.83. The van der Waals surface area contributed by atoms with Gasteiger partial charge in [0.25, 0.3) is 0 Å². The molecule has 0 atom stereocenters. The van der Waals surface area contributed by atoms with Crippen molar-refractivity contribution in [3.63, 3.8) is 0 Å². The van der Waals surface area contributed by atoms with Crippen molar-refractivity contribution in [1.29, 1.82) is 0 Å². The van der Waals surface area contributed by atoms with Gasteiger partial charge in [0.05, 0.1) is 16.1 Å². The third-order valence-corrected chi connectivity index (χ3v) is 3.76. The maximum Gasteiger partial charge on any atom is 0.205 e. The molecule has 3 aromatic rings. The molecule has 102 valence electrons. The zero-order valence-corrected chi connectivity index (χ0v) is 11.9. The van der Waals surface area contributed by atoms with Crippen LogP contribution in [-0.2, 0) is 0 Å². The van der Waals surface area contributed by atoms with E-state index in [9.17, 15) is 4.39 Å². The first-order valence-corrected chi connectivity index (χ1v) is 6.56. The van der Waals surface area contributed by atoms with Crippen LogP contribution in [0, 0.1) is 19.7 Å². The molecule has 0 saturated carbocycles. The molecule has 0 aliphatic rings. The Kier molecular flexibility index (Phi) is 2.91. The molecule has 2 aromatic carbocycles. The van der Waals surface area contributed by atoms with Crippen LogP contribution in [0.1, 0.15) is 11.1 Å². The highest BCUT2D eigenvalue weighted by molar-refractivity contribution is 6.31. The van der Waals surface area contributed by atoms with E-state index in [-0.39, 0.29) is 5.02 Å². The number of rotatable bonds is 1. The summed E-state index contributed by atoms with van der Waals surface area (Å²) in [4.78, 5) is 4.23. The lowest BCUT2D eigenvalue weighted by Gasteiger charge is -2.09. The van der Waals surface area contributed by atoms with Gasteiger partial charge in [0.2, 0.25) is 5.95 Å². The maximum atomic E-state index is 13.7. The Bertz CT molecular complexity index is 824. The Hall–Kier alpha value is -2.07. The van der Waals surface area contributed by atoms with Crippen LogP contribution in [0.3, 0.4) is 0 Å². The van der Waals surface area contributed by atoms with Gasteiger partial charge in [-0.1, -0.05) is 17.7 Å². The molecule has 3 nitrogen and oxygen atoms in total. The summed E-state index contributed by atoms with van der Waals surface area (Å²) in [6.07, 6.45) is 0. The van der Waals surface area contributed by atoms with E-state index in [1.54, 1.807) is 4.57 Å². The average Bonchev–Trinajstić information content (AvgIpc) is 2.69. The summed E-state index contributed by atoms with van der Waals surface area (Å²) < 4.78 is 15.4. The molecule has 1 heterocycles. The number of nitrogens with zero attached hydrogens (tertiary/aromatic N) is 2. The van der Waals surface area contributed by atoms with Gasteiger partial charge in [-0.05, 0) is 43.2 Å². The third kappa shape index (κ3) is 1.93. The fourth-order valence-electron chi connectivity index (χ4n) is 2.23. The molecular formula is C15H13ClFN3. The van der Waals surface area contributed by atoms with Crippen molar-refractivity contribution in [2.24, 2.45) is 0 Å². The first-order valence-electron chi connectivity index (χ1n) is 6.18. The van der Waals surface area contributed by atoms with Crippen LogP contribution in [-0.4, -0.2) is 9.55 Å². The smallest absolute Gasteiger partial charge is 0.205 e. The largest absolute Gasteiger partial charge is 0.369 e. The van der Waals surface area contributed by atoms with Gasteiger partial charge in [-0.3, -0.25) is 4.57 Å². The van der Waals surface area contributed by atoms with E-state index in [0.29, 0.717) is 17.0 Å². The highest BCUT2D eigenvalue weighted by Gasteiger charge is 2.13. The second-order valence-corrected chi connectivity index (χ2v) is 5.24. The van der Waals surface area contributed by atoms with Crippen molar-refractivity contribution < 1.29 is 4.39 Å². The lowest BCUT2D eigenvalue weighted by molar-refractivity contribution is 0.629. The zero-order chi connectivity index (χ0) is 14.4. The molecule has 0 amide bonds. The van der Waals surface area contributed by atoms with E-state index < -0.39 is 5.82 Å².